The van der Waals surface area contributed by atoms with E-state index in [4.69, 9.17) is 9.84 Å². The van der Waals surface area contributed by atoms with Crippen LogP contribution in [-0.2, 0) is 17.8 Å². The number of aromatic nitrogens is 4. The van der Waals surface area contributed by atoms with E-state index in [1.165, 1.54) is 24.0 Å². The summed E-state index contributed by atoms with van der Waals surface area (Å²) < 4.78 is 5.23. The molecular weight excluding hydrogens is 374 g/mol. The number of rotatable bonds is 8. The van der Waals surface area contributed by atoms with Crippen molar-refractivity contribution in [3.05, 3.63) is 59.2 Å². The summed E-state index contributed by atoms with van der Waals surface area (Å²) in [6.45, 7) is 2.31. The molecule has 29 heavy (non-hydrogen) atoms. The molecule has 9 heteroatoms. The molecule has 9 nitrogen and oxygen atoms in total. The maximum Gasteiger partial charge on any atom is 0.335 e. The Kier molecular flexibility index (Phi) is 6.18. The van der Waals surface area contributed by atoms with Crippen molar-refractivity contribution in [3.8, 4) is 17.1 Å². The topological polar surface area (TPSA) is 119 Å². The van der Waals surface area contributed by atoms with Crippen molar-refractivity contribution in [2.75, 3.05) is 13.7 Å². The first-order chi connectivity index (χ1) is 14.0. The molecule has 0 aliphatic heterocycles. The van der Waals surface area contributed by atoms with Gasteiger partial charge in [0.05, 0.1) is 12.7 Å². The smallest absolute Gasteiger partial charge is 0.335 e. The summed E-state index contributed by atoms with van der Waals surface area (Å²) in [5, 5.41) is 23.9. The van der Waals surface area contributed by atoms with Crippen molar-refractivity contribution in [3.63, 3.8) is 0 Å². The molecule has 0 saturated carbocycles. The summed E-state index contributed by atoms with van der Waals surface area (Å²) in [6.07, 6.45) is 0.494. The van der Waals surface area contributed by atoms with Crippen LogP contribution in [0.1, 0.15) is 21.5 Å². The molecule has 0 aliphatic rings. The molecule has 1 aromatic heterocycles. The van der Waals surface area contributed by atoms with Gasteiger partial charge in [-0.15, -0.1) is 10.2 Å². The summed E-state index contributed by atoms with van der Waals surface area (Å²) in [5.74, 6) is -0.339. The van der Waals surface area contributed by atoms with Crippen molar-refractivity contribution in [1.29, 1.82) is 0 Å². The third-order valence-corrected chi connectivity index (χ3v) is 4.30. The summed E-state index contributed by atoms with van der Waals surface area (Å²) in [6, 6.07) is 12.4. The standard InChI is InChI=1S/C20H21N5O4/c1-13-3-5-15(6-4-13)19-22-24-25(23-19)12-18(26)21-10-9-14-7-8-16(20(27)28)11-17(14)29-2/h3-8,11H,9-10,12H2,1-2H3,(H,21,26)(H,27,28). The van der Waals surface area contributed by atoms with Crippen LogP contribution < -0.4 is 10.1 Å². The van der Waals surface area contributed by atoms with E-state index in [9.17, 15) is 9.59 Å². The van der Waals surface area contributed by atoms with Gasteiger partial charge in [-0.2, -0.15) is 4.80 Å². The summed E-state index contributed by atoms with van der Waals surface area (Å²) >= 11 is 0. The number of carboxylic acid groups (broad SMARTS) is 1. The first kappa shape index (κ1) is 20.0. The molecule has 0 spiro atoms. The van der Waals surface area contributed by atoms with Crippen LogP contribution in [0.3, 0.4) is 0 Å². The average molecular weight is 395 g/mol. The number of nitrogens with zero attached hydrogens (tertiary/aromatic N) is 4. The molecule has 1 amide bonds. The number of carbonyl (C=O) groups excluding carboxylic acids is 1. The van der Waals surface area contributed by atoms with Gasteiger partial charge < -0.3 is 15.2 Å². The van der Waals surface area contributed by atoms with Crippen molar-refractivity contribution in [2.45, 2.75) is 19.9 Å². The highest BCUT2D eigenvalue weighted by Gasteiger charge is 2.11. The molecule has 0 unspecified atom stereocenters. The van der Waals surface area contributed by atoms with Gasteiger partial charge in [0.25, 0.3) is 0 Å². The van der Waals surface area contributed by atoms with Gasteiger partial charge in [0.15, 0.2) is 0 Å². The van der Waals surface area contributed by atoms with Crippen molar-refractivity contribution in [1.82, 2.24) is 25.5 Å². The van der Waals surface area contributed by atoms with Crippen LogP contribution in [0.4, 0.5) is 0 Å². The third-order valence-electron chi connectivity index (χ3n) is 4.30. The second-order valence-corrected chi connectivity index (χ2v) is 6.44. The molecule has 3 rings (SSSR count). The summed E-state index contributed by atoms with van der Waals surface area (Å²) in [7, 11) is 1.48. The number of benzene rings is 2. The zero-order valence-corrected chi connectivity index (χ0v) is 16.1. The number of nitrogens with one attached hydrogen (secondary N) is 1. The minimum absolute atomic E-state index is 0.0477. The maximum atomic E-state index is 12.1. The highest BCUT2D eigenvalue weighted by Crippen LogP contribution is 2.20. The predicted molar refractivity (Wildman–Crippen MR) is 105 cm³/mol. The Morgan fingerprint density at radius 2 is 1.93 bits per heavy atom. The fourth-order valence-electron chi connectivity index (χ4n) is 2.73. The Balaban J connectivity index is 1.53. The SMILES string of the molecule is COc1cc(C(=O)O)ccc1CCNC(=O)Cn1nnc(-c2ccc(C)cc2)n1. The largest absolute Gasteiger partial charge is 0.496 e. The second-order valence-electron chi connectivity index (χ2n) is 6.44. The Morgan fingerprint density at radius 3 is 2.62 bits per heavy atom. The molecular formula is C20H21N5O4. The van der Waals surface area contributed by atoms with Crippen molar-refractivity contribution < 1.29 is 19.4 Å². The number of carboxylic acids is 1. The first-order valence-electron chi connectivity index (χ1n) is 8.98. The fraction of sp³-hybridized carbons (Fsp3) is 0.250. The van der Waals surface area contributed by atoms with Crippen LogP contribution in [0.25, 0.3) is 11.4 Å². The molecule has 0 radical (unpaired) electrons. The normalized spacial score (nSPS) is 10.6. The quantitative estimate of drug-likeness (QED) is 0.596. The van der Waals surface area contributed by atoms with Gasteiger partial charge in [0, 0.05) is 12.1 Å². The lowest BCUT2D eigenvalue weighted by Gasteiger charge is -2.10. The maximum absolute atomic E-state index is 12.1. The summed E-state index contributed by atoms with van der Waals surface area (Å²) in [5.41, 5.74) is 2.92. The highest BCUT2D eigenvalue weighted by molar-refractivity contribution is 5.88. The minimum atomic E-state index is -1.02. The van der Waals surface area contributed by atoms with Gasteiger partial charge in [-0.1, -0.05) is 35.9 Å². The van der Waals surface area contributed by atoms with E-state index in [0.29, 0.717) is 24.5 Å². The Bertz CT molecular complexity index is 1010. The molecule has 2 N–H and O–H groups in total. The van der Waals surface area contributed by atoms with Gasteiger partial charge in [0.2, 0.25) is 11.7 Å². The van der Waals surface area contributed by atoms with Crippen molar-refractivity contribution in [2.24, 2.45) is 0 Å². The van der Waals surface area contributed by atoms with E-state index < -0.39 is 5.97 Å². The van der Waals surface area contributed by atoms with Crippen LogP contribution in [0.5, 0.6) is 5.75 Å². The van der Waals surface area contributed by atoms with E-state index >= 15 is 0 Å². The third kappa shape index (κ3) is 5.16. The molecule has 0 aliphatic carbocycles. The average Bonchev–Trinajstić information content (AvgIpc) is 3.16. The molecule has 2 aromatic carbocycles. The van der Waals surface area contributed by atoms with Gasteiger partial charge >= 0.3 is 5.97 Å². The summed E-state index contributed by atoms with van der Waals surface area (Å²) in [4.78, 5) is 24.4. The number of aromatic carboxylic acids is 1. The van der Waals surface area contributed by atoms with Gasteiger partial charge in [-0.05, 0) is 36.3 Å². The predicted octanol–water partition coefficient (Wildman–Crippen LogP) is 1.71. The number of hydrogen-bond acceptors (Lipinski definition) is 6. The lowest BCUT2D eigenvalue weighted by molar-refractivity contribution is -0.122. The van der Waals surface area contributed by atoms with Crippen LogP contribution in [0, 0.1) is 6.92 Å². The minimum Gasteiger partial charge on any atom is -0.496 e. The monoisotopic (exact) mass is 395 g/mol. The van der Waals surface area contributed by atoms with E-state index in [-0.39, 0.29) is 18.0 Å². The zero-order valence-electron chi connectivity index (χ0n) is 16.1. The van der Waals surface area contributed by atoms with Crippen LogP contribution >= 0.6 is 0 Å². The number of aryl methyl sites for hydroxylation is 1. The van der Waals surface area contributed by atoms with Gasteiger partial charge in [-0.25, -0.2) is 4.79 Å². The molecule has 150 valence electrons. The lowest BCUT2D eigenvalue weighted by Crippen LogP contribution is -2.30. The Hall–Kier alpha value is -3.75. The highest BCUT2D eigenvalue weighted by atomic mass is 16.5. The number of carbonyl (C=O) groups is 2. The lowest BCUT2D eigenvalue weighted by atomic mass is 10.1. The number of amides is 1. The van der Waals surface area contributed by atoms with E-state index in [0.717, 1.165) is 16.7 Å². The van der Waals surface area contributed by atoms with E-state index in [1.807, 2.05) is 31.2 Å². The fourth-order valence-corrected chi connectivity index (χ4v) is 2.73. The molecule has 0 bridgehead atoms. The second kappa shape index (κ2) is 8.96. The number of methoxy groups -OCH3 is 1. The molecule has 1 heterocycles. The Labute approximate surface area is 167 Å². The van der Waals surface area contributed by atoms with Crippen LogP contribution in [0.2, 0.25) is 0 Å². The zero-order chi connectivity index (χ0) is 20.8. The molecule has 0 fully saturated rings. The van der Waals surface area contributed by atoms with Crippen molar-refractivity contribution >= 4 is 11.9 Å². The molecule has 3 aromatic rings. The van der Waals surface area contributed by atoms with E-state index in [1.54, 1.807) is 6.07 Å². The number of ether oxygens (including phenoxy) is 1. The van der Waals surface area contributed by atoms with Gasteiger partial charge in [-0.3, -0.25) is 4.79 Å². The van der Waals surface area contributed by atoms with Crippen LogP contribution in [0.15, 0.2) is 42.5 Å². The Morgan fingerprint density at radius 1 is 1.17 bits per heavy atom. The molecule has 0 saturated heterocycles. The number of tetrazole rings is 1. The number of hydrogen-bond donors (Lipinski definition) is 2. The first-order valence-corrected chi connectivity index (χ1v) is 8.98. The van der Waals surface area contributed by atoms with Crippen LogP contribution in [-0.4, -0.2) is 50.8 Å². The van der Waals surface area contributed by atoms with E-state index in [2.05, 4.69) is 20.7 Å². The van der Waals surface area contributed by atoms with Gasteiger partial charge in [0.1, 0.15) is 12.3 Å². The molecule has 0 atom stereocenters.